The fourth-order valence-corrected chi connectivity index (χ4v) is 4.89. The highest BCUT2D eigenvalue weighted by molar-refractivity contribution is 7.89. The van der Waals surface area contributed by atoms with Crippen LogP contribution in [0.25, 0.3) is 17.2 Å². The van der Waals surface area contributed by atoms with Crippen molar-refractivity contribution in [1.82, 2.24) is 10.0 Å². The summed E-state index contributed by atoms with van der Waals surface area (Å²) in [4.78, 5) is 11.3. The molecule has 0 radical (unpaired) electrons. The number of rotatable bonds is 10. The Hall–Kier alpha value is -2.19. The number of halogens is 1. The number of carbonyl (C=O) groups excluding carboxylic acids is 1. The molecule has 6 nitrogen and oxygen atoms in total. The first kappa shape index (κ1) is 27.1. The third-order valence-electron chi connectivity index (χ3n) is 5.75. The molecule has 1 heterocycles. The van der Waals surface area contributed by atoms with Gasteiger partial charge in [0, 0.05) is 18.5 Å². The van der Waals surface area contributed by atoms with Crippen LogP contribution in [0.15, 0.2) is 54.6 Å². The molecule has 0 saturated carbocycles. The number of benzene rings is 2. The van der Waals surface area contributed by atoms with E-state index in [2.05, 4.69) is 45.1 Å². The third-order valence-corrected chi connectivity index (χ3v) is 7.18. The Morgan fingerprint density at radius 1 is 1.21 bits per heavy atom. The lowest BCUT2D eigenvalue weighted by molar-refractivity contribution is -0.140. The molecule has 1 fully saturated rings. The van der Waals surface area contributed by atoms with Gasteiger partial charge in [-0.3, -0.25) is 4.79 Å². The lowest BCUT2D eigenvalue weighted by atomic mass is 9.95. The predicted molar refractivity (Wildman–Crippen MR) is 136 cm³/mol. The summed E-state index contributed by atoms with van der Waals surface area (Å²) < 4.78 is 31.6. The molecule has 1 saturated heterocycles. The minimum atomic E-state index is -3.23. The van der Waals surface area contributed by atoms with Gasteiger partial charge in [0.2, 0.25) is 10.0 Å². The Morgan fingerprint density at radius 2 is 2.00 bits per heavy atom. The maximum atomic E-state index is 12.0. The number of esters is 1. The Balaban J connectivity index is 0.00000385. The molecular weight excluding hydrogens is 460 g/mol. The SMILES string of the molecule is CCS(=O)(=O)NC1CCNC1Cc1cccc(-c2ccccc2C=CCCC(=O)OC)c1.Cl. The number of hydrogen-bond acceptors (Lipinski definition) is 5. The van der Waals surface area contributed by atoms with Gasteiger partial charge < -0.3 is 10.1 Å². The summed E-state index contributed by atoms with van der Waals surface area (Å²) in [5.74, 6) is -0.119. The largest absolute Gasteiger partial charge is 0.469 e. The highest BCUT2D eigenvalue weighted by Crippen LogP contribution is 2.27. The fourth-order valence-electron chi connectivity index (χ4n) is 3.98. The molecule has 0 spiro atoms. The monoisotopic (exact) mass is 492 g/mol. The van der Waals surface area contributed by atoms with Crippen LogP contribution in [-0.4, -0.2) is 45.9 Å². The first-order valence-corrected chi connectivity index (χ1v) is 12.7. The number of hydrogen-bond donors (Lipinski definition) is 2. The van der Waals surface area contributed by atoms with Crippen LogP contribution in [-0.2, 0) is 26.0 Å². The van der Waals surface area contributed by atoms with Crippen LogP contribution in [0, 0.1) is 0 Å². The molecule has 0 aliphatic carbocycles. The molecule has 1 aliphatic rings. The van der Waals surface area contributed by atoms with Gasteiger partial charge in [-0.05, 0) is 55.0 Å². The van der Waals surface area contributed by atoms with Crippen molar-refractivity contribution in [3.63, 3.8) is 0 Å². The van der Waals surface area contributed by atoms with Gasteiger partial charge in [0.1, 0.15) is 0 Å². The summed E-state index contributed by atoms with van der Waals surface area (Å²) in [7, 11) is -1.83. The molecule has 0 amide bonds. The minimum absolute atomic E-state index is 0. The van der Waals surface area contributed by atoms with Gasteiger partial charge in [0.25, 0.3) is 0 Å². The van der Waals surface area contributed by atoms with Crippen molar-refractivity contribution < 1.29 is 17.9 Å². The van der Waals surface area contributed by atoms with Gasteiger partial charge in [-0.2, -0.15) is 0 Å². The number of nitrogens with one attached hydrogen (secondary N) is 2. The highest BCUT2D eigenvalue weighted by atomic mass is 35.5. The zero-order chi connectivity index (χ0) is 23.0. The minimum Gasteiger partial charge on any atom is -0.469 e. The van der Waals surface area contributed by atoms with E-state index < -0.39 is 10.0 Å². The molecule has 2 atom stereocenters. The fraction of sp³-hybridized carbons (Fsp3) is 0.400. The third kappa shape index (κ3) is 7.96. The maximum absolute atomic E-state index is 12.0. The second kappa shape index (κ2) is 12.9. The normalized spacial score (nSPS) is 18.2. The molecule has 3 rings (SSSR count). The van der Waals surface area contributed by atoms with Crippen molar-refractivity contribution in [3.8, 4) is 11.1 Å². The van der Waals surface area contributed by atoms with Crippen molar-refractivity contribution >= 4 is 34.5 Å². The molecule has 2 aromatic rings. The van der Waals surface area contributed by atoms with E-state index in [1.807, 2.05) is 30.4 Å². The Bertz CT molecular complexity index is 1060. The number of sulfonamides is 1. The van der Waals surface area contributed by atoms with Crippen LogP contribution in [0.1, 0.15) is 37.3 Å². The van der Waals surface area contributed by atoms with E-state index in [-0.39, 0.29) is 36.2 Å². The van der Waals surface area contributed by atoms with E-state index in [9.17, 15) is 13.2 Å². The molecule has 2 N–H and O–H groups in total. The zero-order valence-electron chi connectivity index (χ0n) is 19.1. The van der Waals surface area contributed by atoms with Gasteiger partial charge >= 0.3 is 5.97 Å². The van der Waals surface area contributed by atoms with Crippen LogP contribution in [0.3, 0.4) is 0 Å². The van der Waals surface area contributed by atoms with Crippen LogP contribution < -0.4 is 10.0 Å². The maximum Gasteiger partial charge on any atom is 0.305 e. The van der Waals surface area contributed by atoms with Crippen molar-refractivity contribution in [1.29, 1.82) is 0 Å². The summed E-state index contributed by atoms with van der Waals surface area (Å²) in [5, 5.41) is 3.44. The second-order valence-corrected chi connectivity index (χ2v) is 10.0. The van der Waals surface area contributed by atoms with E-state index in [0.717, 1.165) is 41.6 Å². The lowest BCUT2D eigenvalue weighted by Gasteiger charge is -2.21. The Labute approximate surface area is 203 Å². The summed E-state index contributed by atoms with van der Waals surface area (Å²) in [6.07, 6.45) is 6.57. The molecular formula is C25H33ClN2O4S. The van der Waals surface area contributed by atoms with Gasteiger partial charge in [-0.15, -0.1) is 12.4 Å². The van der Waals surface area contributed by atoms with Crippen LogP contribution in [0.4, 0.5) is 0 Å². The molecule has 0 bridgehead atoms. The van der Waals surface area contributed by atoms with Gasteiger partial charge in [0.05, 0.1) is 12.9 Å². The van der Waals surface area contributed by atoms with E-state index >= 15 is 0 Å². The number of ether oxygens (including phenoxy) is 1. The standard InChI is InChI=1S/C25H32N2O4S.ClH/c1-3-32(29,30)27-23-15-16-26-24(23)18-19-9-8-12-21(17-19)22-13-6-4-10-20(22)11-5-7-14-25(28)31-2;/h4-6,8-13,17,23-24,26-27H,3,7,14-16,18H2,1-2H3;1H. The van der Waals surface area contributed by atoms with Gasteiger partial charge in [0.15, 0.2) is 0 Å². The van der Waals surface area contributed by atoms with Crippen molar-refractivity contribution in [3.05, 3.63) is 65.7 Å². The topological polar surface area (TPSA) is 84.5 Å². The summed E-state index contributed by atoms with van der Waals surface area (Å²) in [6.45, 7) is 2.46. The van der Waals surface area contributed by atoms with Gasteiger partial charge in [-0.1, -0.05) is 60.7 Å². The molecule has 2 unspecified atom stereocenters. The molecule has 1 aliphatic heterocycles. The van der Waals surface area contributed by atoms with Crippen molar-refractivity contribution in [2.45, 2.75) is 44.7 Å². The second-order valence-electron chi connectivity index (χ2n) is 7.99. The molecule has 8 heteroatoms. The average Bonchev–Trinajstić information content (AvgIpc) is 3.22. The Kier molecular flexibility index (Phi) is 10.6. The van der Waals surface area contributed by atoms with Gasteiger partial charge in [-0.25, -0.2) is 13.1 Å². The summed E-state index contributed by atoms with van der Waals surface area (Å²) >= 11 is 0. The average molecular weight is 493 g/mol. The van der Waals surface area contributed by atoms with Crippen molar-refractivity contribution in [2.24, 2.45) is 0 Å². The van der Waals surface area contributed by atoms with E-state index in [4.69, 9.17) is 0 Å². The zero-order valence-corrected chi connectivity index (χ0v) is 20.8. The van der Waals surface area contributed by atoms with Crippen molar-refractivity contribution in [2.75, 3.05) is 19.4 Å². The number of carbonyl (C=O) groups is 1. The lowest BCUT2D eigenvalue weighted by Crippen LogP contribution is -2.45. The number of methoxy groups -OCH3 is 1. The Morgan fingerprint density at radius 3 is 2.76 bits per heavy atom. The molecule has 0 aromatic heterocycles. The smallest absolute Gasteiger partial charge is 0.305 e. The van der Waals surface area contributed by atoms with Crippen LogP contribution in [0.5, 0.6) is 0 Å². The van der Waals surface area contributed by atoms with E-state index in [1.54, 1.807) is 6.92 Å². The van der Waals surface area contributed by atoms with E-state index in [1.165, 1.54) is 7.11 Å². The first-order valence-electron chi connectivity index (χ1n) is 11.1. The molecule has 2 aromatic carbocycles. The number of allylic oxidation sites excluding steroid dienone is 1. The van der Waals surface area contributed by atoms with Crippen LogP contribution in [0.2, 0.25) is 0 Å². The molecule has 180 valence electrons. The quantitative estimate of drug-likeness (QED) is 0.490. The van der Waals surface area contributed by atoms with E-state index in [0.29, 0.717) is 12.8 Å². The summed E-state index contributed by atoms with van der Waals surface area (Å²) in [6, 6.07) is 16.5. The first-order chi connectivity index (χ1) is 15.4. The highest BCUT2D eigenvalue weighted by Gasteiger charge is 2.29. The van der Waals surface area contributed by atoms with Crippen LogP contribution >= 0.6 is 12.4 Å². The summed E-state index contributed by atoms with van der Waals surface area (Å²) in [5.41, 5.74) is 4.47. The predicted octanol–water partition coefficient (Wildman–Crippen LogP) is 3.95. The molecule has 33 heavy (non-hydrogen) atoms.